The number of hydrogen-bond acceptors (Lipinski definition) is 2. The normalized spacial score (nSPS) is 10.3. The van der Waals surface area contributed by atoms with Crippen molar-refractivity contribution >= 4 is 29.3 Å². The Kier molecular flexibility index (Phi) is 4.99. The van der Waals surface area contributed by atoms with Crippen LogP contribution in [0.4, 0.5) is 0 Å². The van der Waals surface area contributed by atoms with Crippen LogP contribution >= 0.6 is 23.4 Å². The minimum Gasteiger partial charge on any atom is -0.481 e. The summed E-state index contributed by atoms with van der Waals surface area (Å²) in [4.78, 5) is 11.7. The van der Waals surface area contributed by atoms with Gasteiger partial charge in [-0.25, -0.2) is 0 Å². The van der Waals surface area contributed by atoms with E-state index in [4.69, 9.17) is 16.7 Å². The van der Waals surface area contributed by atoms with E-state index in [9.17, 15) is 4.79 Å². The van der Waals surface area contributed by atoms with Crippen LogP contribution in [-0.4, -0.2) is 16.8 Å². The lowest BCUT2D eigenvalue weighted by Gasteiger charge is -2.07. The summed E-state index contributed by atoms with van der Waals surface area (Å²) in [6.07, 6.45) is 1.10. The van der Waals surface area contributed by atoms with Gasteiger partial charge in [-0.05, 0) is 35.9 Å². The van der Waals surface area contributed by atoms with Crippen LogP contribution in [0.25, 0.3) is 0 Å². The fourth-order valence-electron chi connectivity index (χ4n) is 1.20. The second-order valence-electron chi connectivity index (χ2n) is 3.17. The molecule has 0 aliphatic carbocycles. The number of rotatable bonds is 5. The van der Waals surface area contributed by atoms with Crippen molar-refractivity contribution in [3.63, 3.8) is 0 Å². The van der Waals surface area contributed by atoms with E-state index in [1.807, 2.05) is 6.07 Å². The van der Waals surface area contributed by atoms with Crippen LogP contribution < -0.4 is 0 Å². The highest BCUT2D eigenvalue weighted by Crippen LogP contribution is 2.26. The lowest BCUT2D eigenvalue weighted by Crippen LogP contribution is -2.01. The standard InChI is InChI=1S/C11H13ClO2S/c1-2-5-15-10-4-3-9(12)6-8(10)7-11(13)14/h3-4,6H,2,5,7H2,1H3,(H,13,14). The Hall–Kier alpha value is -0.670. The van der Waals surface area contributed by atoms with Gasteiger partial charge in [-0.3, -0.25) is 4.79 Å². The first-order valence-electron chi connectivity index (χ1n) is 4.76. The average Bonchev–Trinajstić information content (AvgIpc) is 2.16. The lowest BCUT2D eigenvalue weighted by molar-refractivity contribution is -0.136. The summed E-state index contributed by atoms with van der Waals surface area (Å²) in [6.45, 7) is 2.10. The molecule has 0 spiro atoms. The summed E-state index contributed by atoms with van der Waals surface area (Å²) in [5.41, 5.74) is 0.799. The zero-order valence-electron chi connectivity index (χ0n) is 8.50. The molecular weight excluding hydrogens is 232 g/mol. The second-order valence-corrected chi connectivity index (χ2v) is 4.74. The van der Waals surface area contributed by atoms with Crippen molar-refractivity contribution in [3.05, 3.63) is 28.8 Å². The molecule has 15 heavy (non-hydrogen) atoms. The van der Waals surface area contributed by atoms with E-state index in [2.05, 4.69) is 6.92 Å². The number of carboxylic acids is 1. The van der Waals surface area contributed by atoms with Gasteiger partial charge in [-0.2, -0.15) is 0 Å². The van der Waals surface area contributed by atoms with Crippen LogP contribution in [0, 0.1) is 0 Å². The van der Waals surface area contributed by atoms with Crippen molar-refractivity contribution in [1.29, 1.82) is 0 Å². The topological polar surface area (TPSA) is 37.3 Å². The van der Waals surface area contributed by atoms with Gasteiger partial charge in [-0.1, -0.05) is 18.5 Å². The van der Waals surface area contributed by atoms with Gasteiger partial charge >= 0.3 is 5.97 Å². The zero-order valence-corrected chi connectivity index (χ0v) is 10.1. The second kappa shape index (κ2) is 6.03. The van der Waals surface area contributed by atoms with Crippen molar-refractivity contribution in [2.45, 2.75) is 24.7 Å². The molecule has 0 atom stereocenters. The number of carbonyl (C=O) groups is 1. The fraction of sp³-hybridized carbons (Fsp3) is 0.364. The molecule has 1 aromatic carbocycles. The number of benzene rings is 1. The summed E-state index contributed by atoms with van der Waals surface area (Å²) in [5, 5.41) is 9.35. The van der Waals surface area contributed by atoms with E-state index in [0.717, 1.165) is 22.6 Å². The molecule has 0 saturated carbocycles. The van der Waals surface area contributed by atoms with Crippen LogP contribution in [0.2, 0.25) is 5.02 Å². The van der Waals surface area contributed by atoms with Gasteiger partial charge in [0.05, 0.1) is 6.42 Å². The summed E-state index contributed by atoms with van der Waals surface area (Å²) < 4.78 is 0. The number of carboxylic acid groups (broad SMARTS) is 1. The summed E-state index contributed by atoms with van der Waals surface area (Å²) in [7, 11) is 0. The maximum absolute atomic E-state index is 10.7. The molecule has 0 aliphatic rings. The fourth-order valence-corrected chi connectivity index (χ4v) is 2.30. The number of hydrogen-bond donors (Lipinski definition) is 1. The van der Waals surface area contributed by atoms with E-state index >= 15 is 0 Å². The quantitative estimate of drug-likeness (QED) is 0.806. The number of halogens is 1. The predicted octanol–water partition coefficient (Wildman–Crippen LogP) is 3.47. The minimum atomic E-state index is -0.824. The van der Waals surface area contributed by atoms with Crippen LogP contribution in [-0.2, 0) is 11.2 Å². The third-order valence-electron chi connectivity index (χ3n) is 1.83. The number of aliphatic carboxylic acids is 1. The van der Waals surface area contributed by atoms with Gasteiger partial charge in [0.2, 0.25) is 0 Å². The van der Waals surface area contributed by atoms with Crippen molar-refractivity contribution in [2.24, 2.45) is 0 Å². The van der Waals surface area contributed by atoms with E-state index in [-0.39, 0.29) is 6.42 Å². The van der Waals surface area contributed by atoms with Crippen molar-refractivity contribution < 1.29 is 9.90 Å². The molecule has 0 aromatic heterocycles. The molecular formula is C11H13ClO2S. The van der Waals surface area contributed by atoms with Gasteiger partial charge in [0, 0.05) is 9.92 Å². The summed E-state index contributed by atoms with van der Waals surface area (Å²) in [6, 6.07) is 5.42. The maximum Gasteiger partial charge on any atom is 0.307 e. The highest BCUT2D eigenvalue weighted by molar-refractivity contribution is 7.99. The highest BCUT2D eigenvalue weighted by atomic mass is 35.5. The Labute approximate surface area is 98.6 Å². The Bertz CT molecular complexity index is 352. The van der Waals surface area contributed by atoms with Gasteiger partial charge in [0.15, 0.2) is 0 Å². The van der Waals surface area contributed by atoms with E-state index in [0.29, 0.717) is 5.02 Å². The Morgan fingerprint density at radius 1 is 1.53 bits per heavy atom. The Morgan fingerprint density at radius 2 is 2.27 bits per heavy atom. The zero-order chi connectivity index (χ0) is 11.3. The molecule has 0 heterocycles. The van der Waals surface area contributed by atoms with Crippen molar-refractivity contribution in [3.8, 4) is 0 Å². The molecule has 1 N–H and O–H groups in total. The molecule has 0 fully saturated rings. The molecule has 4 heteroatoms. The van der Waals surface area contributed by atoms with Crippen LogP contribution in [0.3, 0.4) is 0 Å². The van der Waals surface area contributed by atoms with Crippen molar-refractivity contribution in [2.75, 3.05) is 5.75 Å². The summed E-state index contributed by atoms with van der Waals surface area (Å²) in [5.74, 6) is 0.171. The van der Waals surface area contributed by atoms with Crippen LogP contribution in [0.15, 0.2) is 23.1 Å². The van der Waals surface area contributed by atoms with Gasteiger partial charge < -0.3 is 5.11 Å². The molecule has 0 bridgehead atoms. The number of thioether (sulfide) groups is 1. The third-order valence-corrected chi connectivity index (χ3v) is 3.38. The van der Waals surface area contributed by atoms with Crippen LogP contribution in [0.5, 0.6) is 0 Å². The average molecular weight is 245 g/mol. The summed E-state index contributed by atoms with van der Waals surface area (Å²) >= 11 is 7.51. The molecule has 0 radical (unpaired) electrons. The molecule has 82 valence electrons. The molecule has 0 saturated heterocycles. The highest BCUT2D eigenvalue weighted by Gasteiger charge is 2.07. The van der Waals surface area contributed by atoms with E-state index in [1.54, 1.807) is 23.9 Å². The van der Waals surface area contributed by atoms with E-state index in [1.165, 1.54) is 0 Å². The molecule has 0 aliphatic heterocycles. The van der Waals surface area contributed by atoms with E-state index < -0.39 is 5.97 Å². The molecule has 0 unspecified atom stereocenters. The van der Waals surface area contributed by atoms with Crippen LogP contribution in [0.1, 0.15) is 18.9 Å². The van der Waals surface area contributed by atoms with Gasteiger partial charge in [0.25, 0.3) is 0 Å². The third kappa shape index (κ3) is 4.14. The molecule has 1 aromatic rings. The monoisotopic (exact) mass is 244 g/mol. The first-order chi connectivity index (χ1) is 7.13. The molecule has 2 nitrogen and oxygen atoms in total. The lowest BCUT2D eigenvalue weighted by atomic mass is 10.1. The Balaban J connectivity index is 2.87. The maximum atomic E-state index is 10.7. The molecule has 0 amide bonds. The first-order valence-corrected chi connectivity index (χ1v) is 6.13. The SMILES string of the molecule is CCCSc1ccc(Cl)cc1CC(=O)O. The Morgan fingerprint density at radius 3 is 2.87 bits per heavy atom. The van der Waals surface area contributed by atoms with Gasteiger partial charge in [-0.15, -0.1) is 11.8 Å². The smallest absolute Gasteiger partial charge is 0.307 e. The minimum absolute atomic E-state index is 0.0343. The first kappa shape index (κ1) is 12.4. The van der Waals surface area contributed by atoms with Crippen molar-refractivity contribution in [1.82, 2.24) is 0 Å². The largest absolute Gasteiger partial charge is 0.481 e. The molecule has 1 rings (SSSR count). The van der Waals surface area contributed by atoms with Gasteiger partial charge in [0.1, 0.15) is 0 Å². The predicted molar refractivity (Wildman–Crippen MR) is 63.8 cm³/mol.